The molecule has 2 nitrogen and oxygen atoms in total. The molecular formula is C15H10N2. The molecule has 0 bridgehead atoms. The van der Waals surface area contributed by atoms with E-state index in [1.165, 1.54) is 0 Å². The van der Waals surface area contributed by atoms with E-state index in [9.17, 15) is 0 Å². The third-order valence-corrected chi connectivity index (χ3v) is 2.25. The molecule has 0 unspecified atom stereocenters. The Morgan fingerprint density at radius 1 is 0.882 bits per heavy atom. The number of hydrogen-bond donors (Lipinski definition) is 0. The Bertz CT molecular complexity index is 598. The van der Waals surface area contributed by atoms with Crippen LogP contribution in [-0.2, 0) is 0 Å². The molecule has 0 amide bonds. The van der Waals surface area contributed by atoms with Crippen LogP contribution in [0.2, 0.25) is 0 Å². The van der Waals surface area contributed by atoms with Gasteiger partial charge in [-0.05, 0) is 24.3 Å². The van der Waals surface area contributed by atoms with E-state index in [0.717, 1.165) is 11.1 Å². The molecule has 0 aliphatic rings. The van der Waals surface area contributed by atoms with Gasteiger partial charge in [0.15, 0.2) is 0 Å². The molecule has 0 saturated carbocycles. The molecule has 0 aromatic heterocycles. The van der Waals surface area contributed by atoms with Crippen LogP contribution in [0.25, 0.3) is 5.53 Å². The smallest absolute Gasteiger partial charge is 0.360 e. The van der Waals surface area contributed by atoms with Crippen molar-refractivity contribution in [1.82, 2.24) is 0 Å². The summed E-state index contributed by atoms with van der Waals surface area (Å²) in [5, 5.41) is 0. The van der Waals surface area contributed by atoms with Crippen molar-refractivity contribution < 1.29 is 4.79 Å². The third kappa shape index (κ3) is 2.92. The minimum atomic E-state index is 0.370. The summed E-state index contributed by atoms with van der Waals surface area (Å²) >= 11 is 0. The molecule has 2 heteroatoms. The molecule has 17 heavy (non-hydrogen) atoms. The average Bonchev–Trinajstić information content (AvgIpc) is 2.42. The molecule has 2 rings (SSSR count). The molecule has 0 radical (unpaired) electrons. The Balaban J connectivity index is 2.30. The molecule has 2 aromatic carbocycles. The zero-order chi connectivity index (χ0) is 11.9. The van der Waals surface area contributed by atoms with Gasteiger partial charge < -0.3 is 5.53 Å². The molecule has 0 N–H and O–H groups in total. The lowest BCUT2D eigenvalue weighted by atomic mass is 10.1. The Hall–Kier alpha value is -2.62. The van der Waals surface area contributed by atoms with Crippen molar-refractivity contribution in [3.8, 4) is 11.8 Å². The zero-order valence-corrected chi connectivity index (χ0v) is 9.17. The molecule has 80 valence electrons. The van der Waals surface area contributed by atoms with Crippen molar-refractivity contribution in [2.45, 2.75) is 0 Å². The summed E-state index contributed by atoms with van der Waals surface area (Å²) in [6.07, 6.45) is 0. The van der Waals surface area contributed by atoms with E-state index >= 15 is 0 Å². The summed E-state index contributed by atoms with van der Waals surface area (Å²) in [5.74, 6) is 5.81. The van der Waals surface area contributed by atoms with Crippen LogP contribution in [0.3, 0.4) is 0 Å². The fraction of sp³-hybridized carbons (Fsp3) is 0. The SMILES string of the molecule is [N-]=[N+]=C(C#Cc1ccccc1)c1ccccc1. The van der Waals surface area contributed by atoms with Crippen molar-refractivity contribution in [2.24, 2.45) is 0 Å². The zero-order valence-electron chi connectivity index (χ0n) is 9.17. The topological polar surface area (TPSA) is 36.4 Å². The van der Waals surface area contributed by atoms with Crippen LogP contribution in [0.4, 0.5) is 0 Å². The van der Waals surface area contributed by atoms with Crippen molar-refractivity contribution >= 4 is 5.71 Å². The van der Waals surface area contributed by atoms with Gasteiger partial charge in [0, 0.05) is 11.5 Å². The molecule has 0 heterocycles. The molecule has 0 saturated heterocycles. The van der Waals surface area contributed by atoms with E-state index < -0.39 is 0 Å². The number of benzene rings is 2. The molecule has 0 fully saturated rings. The summed E-state index contributed by atoms with van der Waals surface area (Å²) in [6, 6.07) is 19.0. The summed E-state index contributed by atoms with van der Waals surface area (Å²) < 4.78 is 0. The fourth-order valence-electron chi connectivity index (χ4n) is 1.40. The Morgan fingerprint density at radius 3 is 2.06 bits per heavy atom. The number of rotatable bonds is 1. The van der Waals surface area contributed by atoms with Crippen LogP contribution in [0.15, 0.2) is 60.7 Å². The Morgan fingerprint density at radius 2 is 1.47 bits per heavy atom. The van der Waals surface area contributed by atoms with E-state index in [0.29, 0.717) is 5.71 Å². The molecule has 0 aliphatic heterocycles. The van der Waals surface area contributed by atoms with Gasteiger partial charge in [0.2, 0.25) is 0 Å². The van der Waals surface area contributed by atoms with Gasteiger partial charge in [0.05, 0.1) is 5.56 Å². The second-order valence-electron chi connectivity index (χ2n) is 3.43. The van der Waals surface area contributed by atoms with Crippen LogP contribution in [-0.4, -0.2) is 10.5 Å². The largest absolute Gasteiger partial charge is 0.373 e. The van der Waals surface area contributed by atoms with Crippen molar-refractivity contribution in [3.63, 3.8) is 0 Å². The van der Waals surface area contributed by atoms with E-state index in [-0.39, 0.29) is 0 Å². The first-order valence-corrected chi connectivity index (χ1v) is 5.24. The number of nitrogens with zero attached hydrogens (tertiary/aromatic N) is 2. The summed E-state index contributed by atoms with van der Waals surface area (Å²) in [5.41, 5.74) is 11.0. The van der Waals surface area contributed by atoms with E-state index in [1.54, 1.807) is 0 Å². The average molecular weight is 218 g/mol. The normalized spacial score (nSPS) is 8.71. The van der Waals surface area contributed by atoms with Crippen molar-refractivity contribution in [1.29, 1.82) is 0 Å². The molecule has 0 spiro atoms. The molecular weight excluding hydrogens is 208 g/mol. The highest BCUT2D eigenvalue weighted by molar-refractivity contribution is 6.09. The monoisotopic (exact) mass is 218 g/mol. The highest BCUT2D eigenvalue weighted by atomic mass is 14.8. The first-order chi connectivity index (χ1) is 8.40. The van der Waals surface area contributed by atoms with Crippen molar-refractivity contribution in [3.05, 3.63) is 77.3 Å². The predicted molar refractivity (Wildman–Crippen MR) is 67.5 cm³/mol. The Labute approximate surface area is 100 Å². The maximum absolute atomic E-state index is 8.94. The lowest BCUT2D eigenvalue weighted by Gasteiger charge is -1.88. The van der Waals surface area contributed by atoms with Gasteiger partial charge in [0.1, 0.15) is 0 Å². The quantitative estimate of drug-likeness (QED) is 0.305. The van der Waals surface area contributed by atoms with Gasteiger partial charge in [-0.15, -0.1) is 0 Å². The maximum atomic E-state index is 8.94. The molecule has 0 aliphatic carbocycles. The maximum Gasteiger partial charge on any atom is 0.373 e. The fourth-order valence-corrected chi connectivity index (χ4v) is 1.40. The Kier molecular flexibility index (Phi) is 3.50. The van der Waals surface area contributed by atoms with E-state index in [2.05, 4.69) is 16.6 Å². The standard InChI is InChI=1S/C15H10N2/c16-17-15(14-9-5-2-6-10-14)12-11-13-7-3-1-4-8-13/h1-10H. The number of hydrogen-bond acceptors (Lipinski definition) is 0. The first-order valence-electron chi connectivity index (χ1n) is 5.24. The summed E-state index contributed by atoms with van der Waals surface area (Å²) in [4.78, 5) is 3.22. The second-order valence-corrected chi connectivity index (χ2v) is 3.43. The third-order valence-electron chi connectivity index (χ3n) is 2.25. The second kappa shape index (κ2) is 5.46. The minimum absolute atomic E-state index is 0.370. The lowest BCUT2D eigenvalue weighted by Crippen LogP contribution is -1.97. The van der Waals surface area contributed by atoms with Crippen LogP contribution in [0.5, 0.6) is 0 Å². The van der Waals surface area contributed by atoms with Gasteiger partial charge in [-0.25, -0.2) is 0 Å². The van der Waals surface area contributed by atoms with Gasteiger partial charge in [0.25, 0.3) is 0 Å². The van der Waals surface area contributed by atoms with Crippen LogP contribution < -0.4 is 0 Å². The van der Waals surface area contributed by atoms with Crippen molar-refractivity contribution in [2.75, 3.05) is 0 Å². The predicted octanol–water partition coefficient (Wildman–Crippen LogP) is 2.76. The van der Waals surface area contributed by atoms with Crippen LogP contribution in [0.1, 0.15) is 11.1 Å². The highest BCUT2D eigenvalue weighted by Crippen LogP contribution is 1.99. The minimum Gasteiger partial charge on any atom is -0.360 e. The van der Waals surface area contributed by atoms with E-state index in [1.807, 2.05) is 60.7 Å². The lowest BCUT2D eigenvalue weighted by molar-refractivity contribution is -0.00132. The van der Waals surface area contributed by atoms with Crippen LogP contribution in [0, 0.1) is 11.8 Å². The molecule has 0 atom stereocenters. The first kappa shape index (κ1) is 10.9. The van der Waals surface area contributed by atoms with Gasteiger partial charge in [-0.2, -0.15) is 4.79 Å². The van der Waals surface area contributed by atoms with Crippen LogP contribution >= 0.6 is 0 Å². The highest BCUT2D eigenvalue weighted by Gasteiger charge is 2.06. The van der Waals surface area contributed by atoms with Gasteiger partial charge in [-0.3, -0.25) is 0 Å². The summed E-state index contributed by atoms with van der Waals surface area (Å²) in [6.45, 7) is 0. The van der Waals surface area contributed by atoms with Gasteiger partial charge in [-0.1, -0.05) is 42.3 Å². The molecule has 2 aromatic rings. The van der Waals surface area contributed by atoms with Gasteiger partial charge >= 0.3 is 5.71 Å². The summed E-state index contributed by atoms with van der Waals surface area (Å²) in [7, 11) is 0. The van der Waals surface area contributed by atoms with E-state index in [4.69, 9.17) is 5.53 Å².